The molecule has 1 unspecified atom stereocenters. The molecular formula is C27H30N2O2. The van der Waals surface area contributed by atoms with Gasteiger partial charge in [0.25, 0.3) is 0 Å². The van der Waals surface area contributed by atoms with Crippen LogP contribution in [-0.4, -0.2) is 16.2 Å². The molecule has 160 valence electrons. The normalized spacial score (nSPS) is 12.1. The Balaban J connectivity index is 1.54. The van der Waals surface area contributed by atoms with Crippen molar-refractivity contribution in [2.24, 2.45) is 0 Å². The van der Waals surface area contributed by atoms with Gasteiger partial charge < -0.3 is 14.0 Å². The number of benzene rings is 3. The second kappa shape index (κ2) is 9.69. The molecule has 0 spiro atoms. The molecule has 0 amide bonds. The van der Waals surface area contributed by atoms with Crippen molar-refractivity contribution in [1.82, 2.24) is 9.55 Å². The molecule has 0 saturated carbocycles. The molecule has 1 aromatic heterocycles. The van der Waals surface area contributed by atoms with Crippen molar-refractivity contribution in [2.75, 3.05) is 6.61 Å². The molecule has 0 aliphatic heterocycles. The number of nitrogens with zero attached hydrogens (tertiary/aromatic N) is 2. The van der Waals surface area contributed by atoms with Crippen LogP contribution in [-0.2, 0) is 6.54 Å². The third-order valence-corrected chi connectivity index (χ3v) is 5.49. The zero-order chi connectivity index (χ0) is 21.6. The number of aryl methyl sites for hydroxylation is 3. The molecular weight excluding hydrogens is 384 g/mol. The maximum atomic E-state index is 6.38. The van der Waals surface area contributed by atoms with E-state index in [9.17, 15) is 0 Å². The van der Waals surface area contributed by atoms with Crippen LogP contribution in [0.15, 0.2) is 72.8 Å². The predicted octanol–water partition coefficient (Wildman–Crippen LogP) is 6.65. The van der Waals surface area contributed by atoms with Gasteiger partial charge in [-0.2, -0.15) is 0 Å². The monoisotopic (exact) mass is 414 g/mol. The summed E-state index contributed by atoms with van der Waals surface area (Å²) in [7, 11) is 0. The lowest BCUT2D eigenvalue weighted by Gasteiger charge is -2.19. The van der Waals surface area contributed by atoms with Crippen LogP contribution in [0.25, 0.3) is 11.0 Å². The molecule has 0 fully saturated rings. The first-order valence-corrected chi connectivity index (χ1v) is 11.0. The molecule has 0 bridgehead atoms. The summed E-state index contributed by atoms with van der Waals surface area (Å²) < 4.78 is 14.7. The number of hydrogen-bond acceptors (Lipinski definition) is 3. The fourth-order valence-corrected chi connectivity index (χ4v) is 3.87. The smallest absolute Gasteiger partial charge is 0.156 e. The Bertz CT molecular complexity index is 1150. The fraction of sp³-hybridized carbons (Fsp3) is 0.296. The highest BCUT2D eigenvalue weighted by Gasteiger charge is 2.20. The van der Waals surface area contributed by atoms with Crippen LogP contribution in [0.3, 0.4) is 0 Å². The summed E-state index contributed by atoms with van der Waals surface area (Å²) in [6.45, 7) is 7.79. The van der Waals surface area contributed by atoms with E-state index >= 15 is 0 Å². The molecule has 1 heterocycles. The minimum Gasteiger partial charge on any atom is -0.493 e. The van der Waals surface area contributed by atoms with Crippen molar-refractivity contribution in [3.05, 3.63) is 89.7 Å². The van der Waals surface area contributed by atoms with Gasteiger partial charge in [0.05, 0.1) is 17.6 Å². The van der Waals surface area contributed by atoms with E-state index in [4.69, 9.17) is 14.5 Å². The first-order chi connectivity index (χ1) is 15.2. The molecule has 4 nitrogen and oxygen atoms in total. The maximum Gasteiger partial charge on any atom is 0.156 e. The van der Waals surface area contributed by atoms with Crippen molar-refractivity contribution in [3.63, 3.8) is 0 Å². The summed E-state index contributed by atoms with van der Waals surface area (Å²) in [5, 5.41) is 0. The zero-order valence-electron chi connectivity index (χ0n) is 18.5. The SMILES string of the molecule is CCC(Oc1cccc(C)c1)c1nc2ccccc2n1CCCOc1ccccc1C. The average Bonchev–Trinajstić information content (AvgIpc) is 3.14. The van der Waals surface area contributed by atoms with Gasteiger partial charge in [-0.1, -0.05) is 49.4 Å². The minimum atomic E-state index is -0.105. The van der Waals surface area contributed by atoms with Gasteiger partial charge in [-0.05, 0) is 68.1 Å². The number of hydrogen-bond donors (Lipinski definition) is 0. The van der Waals surface area contributed by atoms with Crippen LogP contribution in [0.4, 0.5) is 0 Å². The Morgan fingerprint density at radius 2 is 1.74 bits per heavy atom. The largest absolute Gasteiger partial charge is 0.493 e. The lowest BCUT2D eigenvalue weighted by Crippen LogP contribution is -2.15. The van der Waals surface area contributed by atoms with Gasteiger partial charge in [-0.15, -0.1) is 0 Å². The van der Waals surface area contributed by atoms with E-state index in [0.29, 0.717) is 6.61 Å². The Hall–Kier alpha value is -3.27. The van der Waals surface area contributed by atoms with E-state index < -0.39 is 0 Å². The van der Waals surface area contributed by atoms with Gasteiger partial charge in [-0.25, -0.2) is 4.98 Å². The number of imidazole rings is 1. The maximum absolute atomic E-state index is 6.38. The Kier molecular flexibility index (Phi) is 6.56. The number of ether oxygens (including phenoxy) is 2. The molecule has 0 N–H and O–H groups in total. The van der Waals surface area contributed by atoms with Crippen LogP contribution in [0.2, 0.25) is 0 Å². The van der Waals surface area contributed by atoms with E-state index in [0.717, 1.165) is 53.3 Å². The molecule has 0 saturated heterocycles. The van der Waals surface area contributed by atoms with Crippen LogP contribution in [0, 0.1) is 13.8 Å². The summed E-state index contributed by atoms with van der Waals surface area (Å²) in [6.07, 6.45) is 1.63. The van der Waals surface area contributed by atoms with Crippen molar-refractivity contribution >= 4 is 11.0 Å². The standard InChI is InChI=1S/C27H30N2O2/c1-4-25(31-22-13-9-11-20(2)19-22)27-28-23-14-6-7-15-24(23)29(27)17-10-18-30-26-16-8-5-12-21(26)3/h5-9,11-16,19,25H,4,10,17-18H2,1-3H3. The molecule has 1 atom stereocenters. The summed E-state index contributed by atoms with van der Waals surface area (Å²) in [6, 6.07) is 24.6. The number of fused-ring (bicyclic) bond motifs is 1. The van der Waals surface area contributed by atoms with Crippen LogP contribution >= 0.6 is 0 Å². The number of rotatable bonds is 9. The highest BCUT2D eigenvalue weighted by Crippen LogP contribution is 2.28. The van der Waals surface area contributed by atoms with E-state index in [1.807, 2.05) is 36.4 Å². The van der Waals surface area contributed by atoms with Gasteiger partial charge >= 0.3 is 0 Å². The molecule has 4 aromatic rings. The van der Waals surface area contributed by atoms with Crippen molar-refractivity contribution in [2.45, 2.75) is 46.3 Å². The lowest BCUT2D eigenvalue weighted by molar-refractivity contribution is 0.185. The van der Waals surface area contributed by atoms with Crippen molar-refractivity contribution in [3.8, 4) is 11.5 Å². The molecule has 0 radical (unpaired) electrons. The topological polar surface area (TPSA) is 36.3 Å². The van der Waals surface area contributed by atoms with E-state index in [2.05, 4.69) is 61.7 Å². The molecule has 0 aliphatic rings. The van der Waals surface area contributed by atoms with Gasteiger partial charge in [0.2, 0.25) is 0 Å². The molecule has 4 heteroatoms. The number of para-hydroxylation sites is 3. The molecule has 4 rings (SSSR count). The van der Waals surface area contributed by atoms with Crippen LogP contribution < -0.4 is 9.47 Å². The highest BCUT2D eigenvalue weighted by atomic mass is 16.5. The predicted molar refractivity (Wildman–Crippen MR) is 126 cm³/mol. The Morgan fingerprint density at radius 1 is 0.935 bits per heavy atom. The van der Waals surface area contributed by atoms with Gasteiger partial charge in [0.1, 0.15) is 11.5 Å². The second-order valence-corrected chi connectivity index (χ2v) is 7.91. The Morgan fingerprint density at radius 3 is 2.55 bits per heavy atom. The van der Waals surface area contributed by atoms with Gasteiger partial charge in [0, 0.05) is 6.54 Å². The van der Waals surface area contributed by atoms with E-state index in [1.54, 1.807) is 0 Å². The molecule has 3 aromatic carbocycles. The third kappa shape index (κ3) is 4.91. The van der Waals surface area contributed by atoms with E-state index in [-0.39, 0.29) is 6.10 Å². The summed E-state index contributed by atoms with van der Waals surface area (Å²) in [5.41, 5.74) is 4.49. The lowest BCUT2D eigenvalue weighted by atomic mass is 10.2. The third-order valence-electron chi connectivity index (χ3n) is 5.49. The quantitative estimate of drug-likeness (QED) is 0.288. The van der Waals surface area contributed by atoms with Crippen molar-refractivity contribution < 1.29 is 9.47 Å². The Labute approximate surface area is 184 Å². The van der Waals surface area contributed by atoms with Gasteiger partial charge in [-0.3, -0.25) is 0 Å². The van der Waals surface area contributed by atoms with Crippen LogP contribution in [0.1, 0.15) is 42.8 Å². The summed E-state index contributed by atoms with van der Waals surface area (Å²) in [5.74, 6) is 2.81. The average molecular weight is 415 g/mol. The van der Waals surface area contributed by atoms with Crippen molar-refractivity contribution in [1.29, 1.82) is 0 Å². The fourth-order valence-electron chi connectivity index (χ4n) is 3.87. The summed E-state index contributed by atoms with van der Waals surface area (Å²) in [4.78, 5) is 4.95. The minimum absolute atomic E-state index is 0.105. The van der Waals surface area contributed by atoms with E-state index in [1.165, 1.54) is 5.56 Å². The number of aromatic nitrogens is 2. The second-order valence-electron chi connectivity index (χ2n) is 7.91. The highest BCUT2D eigenvalue weighted by molar-refractivity contribution is 5.76. The first kappa shape index (κ1) is 21.0. The zero-order valence-corrected chi connectivity index (χ0v) is 18.5. The molecule has 31 heavy (non-hydrogen) atoms. The van der Waals surface area contributed by atoms with Gasteiger partial charge in [0.15, 0.2) is 11.9 Å². The first-order valence-electron chi connectivity index (χ1n) is 11.0. The molecule has 0 aliphatic carbocycles. The summed E-state index contributed by atoms with van der Waals surface area (Å²) >= 11 is 0. The van der Waals surface area contributed by atoms with Crippen LogP contribution in [0.5, 0.6) is 11.5 Å².